The van der Waals surface area contributed by atoms with Gasteiger partial charge in [-0.15, -0.1) is 12.4 Å². The van der Waals surface area contributed by atoms with E-state index in [1.54, 1.807) is 0 Å². The highest BCUT2D eigenvalue weighted by molar-refractivity contribution is 5.85. The Morgan fingerprint density at radius 1 is 1.17 bits per heavy atom. The maximum absolute atomic E-state index is 11.5. The van der Waals surface area contributed by atoms with E-state index in [2.05, 4.69) is 25.5 Å². The first-order valence-electron chi connectivity index (χ1n) is 7.58. The van der Waals surface area contributed by atoms with Gasteiger partial charge in [0.2, 0.25) is 0 Å². The van der Waals surface area contributed by atoms with Gasteiger partial charge in [-0.2, -0.15) is 0 Å². The van der Waals surface area contributed by atoms with Gasteiger partial charge >= 0.3 is 5.97 Å². The van der Waals surface area contributed by atoms with Crippen molar-refractivity contribution >= 4 is 18.4 Å². The Balaban J connectivity index is 0.00000484. The topological polar surface area (TPSA) is 72.5 Å². The van der Waals surface area contributed by atoms with Crippen molar-refractivity contribution in [2.75, 3.05) is 7.11 Å². The van der Waals surface area contributed by atoms with Crippen LogP contribution in [0.2, 0.25) is 0 Å². The first-order valence-corrected chi connectivity index (χ1v) is 7.58. The molecule has 0 fully saturated rings. The highest BCUT2D eigenvalue weighted by Crippen LogP contribution is 2.40. The second kappa shape index (κ2) is 7.54. The normalized spacial score (nSPS) is 13.2. The number of benzene rings is 1. The number of phenols is 1. The minimum Gasteiger partial charge on any atom is -0.507 e. The minimum atomic E-state index is -0.587. The van der Waals surface area contributed by atoms with E-state index >= 15 is 0 Å². The van der Waals surface area contributed by atoms with E-state index in [1.807, 2.05) is 32.9 Å². The molecule has 132 valence electrons. The number of hydrogen-bond donors (Lipinski definition) is 2. The summed E-state index contributed by atoms with van der Waals surface area (Å²) < 4.78 is 4.68. The fourth-order valence-electron chi connectivity index (χ4n) is 2.32. The van der Waals surface area contributed by atoms with E-state index in [0.29, 0.717) is 5.56 Å². The van der Waals surface area contributed by atoms with Crippen molar-refractivity contribution in [2.24, 2.45) is 5.73 Å². The Hall–Kier alpha value is -1.26. The lowest BCUT2D eigenvalue weighted by atomic mass is 9.78. The lowest BCUT2D eigenvalue weighted by Gasteiger charge is -2.28. The van der Waals surface area contributed by atoms with Crippen LogP contribution in [0.3, 0.4) is 0 Å². The summed E-state index contributed by atoms with van der Waals surface area (Å²) in [5.74, 6) is -0.206. The zero-order chi connectivity index (χ0) is 17.3. The van der Waals surface area contributed by atoms with E-state index in [0.717, 1.165) is 11.1 Å². The second-order valence-electron chi connectivity index (χ2n) is 7.85. The lowest BCUT2D eigenvalue weighted by Crippen LogP contribution is -2.21. The van der Waals surface area contributed by atoms with Gasteiger partial charge in [-0.25, -0.2) is 0 Å². The van der Waals surface area contributed by atoms with E-state index in [-0.39, 0.29) is 41.4 Å². The predicted octanol–water partition coefficient (Wildman–Crippen LogP) is 3.97. The van der Waals surface area contributed by atoms with Gasteiger partial charge < -0.3 is 15.6 Å². The van der Waals surface area contributed by atoms with E-state index in [4.69, 9.17) is 5.73 Å². The Kier molecular flexibility index (Phi) is 7.13. The van der Waals surface area contributed by atoms with Crippen LogP contribution in [-0.2, 0) is 20.4 Å². The number of carbonyl (C=O) groups is 1. The molecule has 0 heterocycles. The quantitative estimate of drug-likeness (QED) is 0.814. The van der Waals surface area contributed by atoms with Crippen LogP contribution in [0.25, 0.3) is 0 Å². The zero-order valence-corrected chi connectivity index (χ0v) is 16.0. The first kappa shape index (κ1) is 21.7. The van der Waals surface area contributed by atoms with Crippen LogP contribution in [0.4, 0.5) is 0 Å². The minimum absolute atomic E-state index is 0. The van der Waals surface area contributed by atoms with Gasteiger partial charge in [-0.3, -0.25) is 4.79 Å². The number of ether oxygens (including phenoxy) is 1. The van der Waals surface area contributed by atoms with Crippen molar-refractivity contribution in [3.8, 4) is 5.75 Å². The zero-order valence-electron chi connectivity index (χ0n) is 15.2. The molecule has 0 saturated heterocycles. The number of rotatable bonds is 3. The molecule has 0 aliphatic carbocycles. The number of halogens is 1. The van der Waals surface area contributed by atoms with Gasteiger partial charge in [0, 0.05) is 11.6 Å². The number of carbonyl (C=O) groups excluding carboxylic acids is 1. The summed E-state index contributed by atoms with van der Waals surface area (Å²) in [7, 11) is 1.33. The monoisotopic (exact) mass is 343 g/mol. The number of aromatic hydroxyl groups is 1. The van der Waals surface area contributed by atoms with Crippen molar-refractivity contribution in [1.82, 2.24) is 0 Å². The molecule has 3 N–H and O–H groups in total. The number of phenolic OH excluding ortho intramolecular Hbond substituents is 1. The first-order chi connectivity index (χ1) is 9.87. The summed E-state index contributed by atoms with van der Waals surface area (Å²) in [6.45, 7) is 12.5. The summed E-state index contributed by atoms with van der Waals surface area (Å²) >= 11 is 0. The molecular formula is C18H30ClNO3. The standard InChI is InChI=1S/C18H29NO3.ClH/c1-17(2,3)11-8-12(14(19)10-15(20)22-7)16(21)13(9-11)18(4,5)6;/h8-9,14,21H,10,19H2,1-7H3;1H/t14-;/m1./s1. The summed E-state index contributed by atoms with van der Waals surface area (Å²) in [4.78, 5) is 11.5. The van der Waals surface area contributed by atoms with Gasteiger partial charge in [-0.05, 0) is 28.0 Å². The number of hydrogen-bond acceptors (Lipinski definition) is 4. The van der Waals surface area contributed by atoms with Crippen LogP contribution < -0.4 is 5.73 Å². The lowest BCUT2D eigenvalue weighted by molar-refractivity contribution is -0.141. The largest absolute Gasteiger partial charge is 0.507 e. The summed E-state index contributed by atoms with van der Waals surface area (Å²) in [5.41, 5.74) is 8.37. The van der Waals surface area contributed by atoms with Gasteiger partial charge in [0.05, 0.1) is 13.5 Å². The average Bonchev–Trinajstić information content (AvgIpc) is 2.35. The maximum Gasteiger partial charge on any atom is 0.307 e. The Labute approximate surface area is 145 Å². The second-order valence-corrected chi connectivity index (χ2v) is 7.85. The smallest absolute Gasteiger partial charge is 0.307 e. The molecule has 0 amide bonds. The van der Waals surface area contributed by atoms with Gasteiger partial charge in [0.25, 0.3) is 0 Å². The van der Waals surface area contributed by atoms with Gasteiger partial charge in [0.15, 0.2) is 0 Å². The third-order valence-corrected chi connectivity index (χ3v) is 3.83. The molecule has 5 heteroatoms. The molecule has 1 aromatic rings. The van der Waals surface area contributed by atoms with Gasteiger partial charge in [-0.1, -0.05) is 47.6 Å². The van der Waals surface area contributed by atoms with Crippen molar-refractivity contribution in [3.63, 3.8) is 0 Å². The van der Waals surface area contributed by atoms with E-state index < -0.39 is 6.04 Å². The molecule has 23 heavy (non-hydrogen) atoms. The van der Waals surface area contributed by atoms with Crippen LogP contribution in [0, 0.1) is 0 Å². The molecule has 0 aliphatic rings. The molecule has 0 bridgehead atoms. The SMILES string of the molecule is COC(=O)C[C@@H](N)c1cc(C(C)(C)C)cc(C(C)(C)C)c1O.Cl. The van der Waals surface area contributed by atoms with Crippen LogP contribution in [0.15, 0.2) is 12.1 Å². The van der Waals surface area contributed by atoms with E-state index in [9.17, 15) is 9.90 Å². The van der Waals surface area contributed by atoms with E-state index in [1.165, 1.54) is 7.11 Å². The molecule has 0 aromatic heterocycles. The Morgan fingerprint density at radius 3 is 2.09 bits per heavy atom. The maximum atomic E-state index is 11.5. The third kappa shape index (κ3) is 5.40. The number of esters is 1. The summed E-state index contributed by atoms with van der Waals surface area (Å²) in [5, 5.41) is 10.6. The van der Waals surface area contributed by atoms with Crippen LogP contribution >= 0.6 is 12.4 Å². The molecule has 0 aliphatic heterocycles. The molecule has 0 saturated carbocycles. The highest BCUT2D eigenvalue weighted by atomic mass is 35.5. The van der Waals surface area contributed by atoms with Crippen molar-refractivity contribution in [1.29, 1.82) is 0 Å². The van der Waals surface area contributed by atoms with Crippen LogP contribution in [-0.4, -0.2) is 18.2 Å². The Bertz CT molecular complexity index is 557. The third-order valence-electron chi connectivity index (χ3n) is 3.83. The molecule has 0 unspecified atom stereocenters. The molecule has 4 nitrogen and oxygen atoms in total. The van der Waals surface area contributed by atoms with Gasteiger partial charge in [0.1, 0.15) is 5.75 Å². The fraction of sp³-hybridized carbons (Fsp3) is 0.611. The molecule has 1 atom stereocenters. The fourth-order valence-corrected chi connectivity index (χ4v) is 2.32. The molecule has 0 spiro atoms. The molecular weight excluding hydrogens is 314 g/mol. The predicted molar refractivity (Wildman–Crippen MR) is 96.3 cm³/mol. The molecule has 1 aromatic carbocycles. The van der Waals surface area contributed by atoms with Crippen LogP contribution in [0.5, 0.6) is 5.75 Å². The van der Waals surface area contributed by atoms with Crippen molar-refractivity contribution < 1.29 is 14.6 Å². The Morgan fingerprint density at radius 2 is 1.70 bits per heavy atom. The summed E-state index contributed by atoms with van der Waals surface area (Å²) in [6, 6.07) is 3.35. The number of methoxy groups -OCH3 is 1. The highest BCUT2D eigenvalue weighted by Gasteiger charge is 2.27. The van der Waals surface area contributed by atoms with Crippen molar-refractivity contribution in [3.05, 3.63) is 28.8 Å². The number of nitrogens with two attached hydrogens (primary N) is 1. The van der Waals surface area contributed by atoms with Crippen molar-refractivity contribution in [2.45, 2.75) is 64.8 Å². The molecule has 1 rings (SSSR count). The van der Waals surface area contributed by atoms with Crippen LogP contribution in [0.1, 0.15) is 70.7 Å². The molecule has 0 radical (unpaired) electrons. The average molecular weight is 344 g/mol. The summed E-state index contributed by atoms with van der Waals surface area (Å²) in [6.07, 6.45) is 0.0429.